The maximum atomic E-state index is 11.7. The third-order valence-corrected chi connectivity index (χ3v) is 4.72. The number of rotatable bonds is 5. The van der Waals surface area contributed by atoms with Crippen molar-refractivity contribution in [2.24, 2.45) is 5.10 Å². The van der Waals surface area contributed by atoms with Crippen LogP contribution in [0.2, 0.25) is 10.0 Å². The van der Waals surface area contributed by atoms with Gasteiger partial charge in [0, 0.05) is 20.5 Å². The van der Waals surface area contributed by atoms with Gasteiger partial charge in [0.25, 0.3) is 0 Å². The Balaban J connectivity index is 1.88. The first-order chi connectivity index (χ1) is 11.0. The summed E-state index contributed by atoms with van der Waals surface area (Å²) in [6, 6.07) is 10.3. The average Bonchev–Trinajstić information content (AvgIpc) is 2.51. The molecule has 0 saturated carbocycles. The summed E-state index contributed by atoms with van der Waals surface area (Å²) in [5, 5.41) is 14.7. The Morgan fingerprint density at radius 3 is 2.65 bits per heavy atom. The summed E-state index contributed by atoms with van der Waals surface area (Å²) >= 11 is 16.2. The van der Waals surface area contributed by atoms with Gasteiger partial charge in [-0.2, -0.15) is 5.10 Å². The zero-order chi connectivity index (χ0) is 16.8. The maximum Gasteiger partial charge on any atom is 0.250 e. The van der Waals surface area contributed by atoms with E-state index in [1.807, 2.05) is 12.1 Å². The molecule has 0 heterocycles. The first kappa shape index (κ1) is 18.1. The molecule has 0 saturated heterocycles. The molecule has 0 radical (unpaired) electrons. The normalized spacial score (nSPS) is 10.9. The molecule has 8 heteroatoms. The number of halogens is 3. The van der Waals surface area contributed by atoms with Crippen molar-refractivity contribution in [2.75, 3.05) is 5.75 Å². The van der Waals surface area contributed by atoms with Gasteiger partial charge in [-0.25, -0.2) is 5.43 Å². The monoisotopic (exact) mass is 432 g/mol. The molecule has 0 spiro atoms. The minimum atomic E-state index is -0.262. The molecule has 2 aromatic rings. The van der Waals surface area contributed by atoms with Gasteiger partial charge >= 0.3 is 0 Å². The second-order valence-corrected chi connectivity index (χ2v) is 7.14. The molecule has 0 aliphatic heterocycles. The molecule has 0 bridgehead atoms. The summed E-state index contributed by atoms with van der Waals surface area (Å²) in [6.45, 7) is 0. The van der Waals surface area contributed by atoms with Gasteiger partial charge in [-0.3, -0.25) is 4.79 Å². The lowest BCUT2D eigenvalue weighted by molar-refractivity contribution is -0.118. The molecule has 0 atom stereocenters. The molecular weight excluding hydrogens is 423 g/mol. The van der Waals surface area contributed by atoms with E-state index in [-0.39, 0.29) is 17.4 Å². The first-order valence-electron chi connectivity index (χ1n) is 6.34. The molecular formula is C15H11BrCl2N2O2S. The van der Waals surface area contributed by atoms with Crippen LogP contribution in [0.15, 0.2) is 50.9 Å². The number of thioether (sulfide) groups is 1. The number of hydrogen-bond donors (Lipinski definition) is 2. The Hall–Kier alpha value is -1.21. The van der Waals surface area contributed by atoms with Gasteiger partial charge in [0.15, 0.2) is 0 Å². The number of carbonyl (C=O) groups excluding carboxylic acids is 1. The number of hydrazone groups is 1. The summed E-state index contributed by atoms with van der Waals surface area (Å²) in [6.07, 6.45) is 1.33. The van der Waals surface area contributed by atoms with Gasteiger partial charge in [0.2, 0.25) is 5.91 Å². The van der Waals surface area contributed by atoms with E-state index in [1.54, 1.807) is 24.3 Å². The molecule has 1 amide bonds. The second kappa shape index (κ2) is 8.59. The SMILES string of the molecule is O=C(CSc1ccc(Cl)cc1)N/N=C\c1cc(Cl)cc(Br)c1O. The van der Waals surface area contributed by atoms with E-state index in [1.165, 1.54) is 18.0 Å². The van der Waals surface area contributed by atoms with Gasteiger partial charge in [-0.1, -0.05) is 23.2 Å². The van der Waals surface area contributed by atoms with E-state index in [9.17, 15) is 9.90 Å². The smallest absolute Gasteiger partial charge is 0.250 e. The lowest BCUT2D eigenvalue weighted by Gasteiger charge is -2.03. The third-order valence-electron chi connectivity index (χ3n) is 2.63. The van der Waals surface area contributed by atoms with Gasteiger partial charge in [0.1, 0.15) is 5.75 Å². The predicted molar refractivity (Wildman–Crippen MR) is 98.7 cm³/mol. The zero-order valence-electron chi connectivity index (χ0n) is 11.6. The fourth-order valence-electron chi connectivity index (χ4n) is 1.57. The lowest BCUT2D eigenvalue weighted by atomic mass is 10.2. The second-order valence-electron chi connectivity index (χ2n) is 4.36. The summed E-state index contributed by atoms with van der Waals surface area (Å²) < 4.78 is 0.455. The van der Waals surface area contributed by atoms with Gasteiger partial charge < -0.3 is 5.11 Å². The third kappa shape index (κ3) is 5.73. The highest BCUT2D eigenvalue weighted by atomic mass is 79.9. The number of nitrogens with one attached hydrogen (secondary N) is 1. The number of benzene rings is 2. The Morgan fingerprint density at radius 2 is 1.96 bits per heavy atom. The Morgan fingerprint density at radius 1 is 1.26 bits per heavy atom. The molecule has 2 rings (SSSR count). The Kier molecular flexibility index (Phi) is 6.77. The van der Waals surface area contributed by atoms with Crippen LogP contribution in [0.1, 0.15) is 5.56 Å². The molecule has 0 aliphatic rings. The van der Waals surface area contributed by atoms with Crippen molar-refractivity contribution in [1.29, 1.82) is 0 Å². The number of phenols is 1. The minimum Gasteiger partial charge on any atom is -0.506 e. The van der Waals surface area contributed by atoms with E-state index < -0.39 is 0 Å². The van der Waals surface area contributed by atoms with E-state index in [4.69, 9.17) is 23.2 Å². The van der Waals surface area contributed by atoms with Gasteiger partial charge in [-0.15, -0.1) is 11.8 Å². The highest BCUT2D eigenvalue weighted by Crippen LogP contribution is 2.30. The fourth-order valence-corrected chi connectivity index (χ4v) is 3.22. The molecule has 23 heavy (non-hydrogen) atoms. The van der Waals surface area contributed by atoms with Gasteiger partial charge in [-0.05, 0) is 52.3 Å². The quantitative estimate of drug-likeness (QED) is 0.408. The van der Waals surface area contributed by atoms with Crippen LogP contribution in [0.3, 0.4) is 0 Å². The molecule has 2 aromatic carbocycles. The number of nitrogens with zero attached hydrogens (tertiary/aromatic N) is 1. The van der Waals surface area contributed by atoms with Crippen LogP contribution in [0, 0.1) is 0 Å². The standard InChI is InChI=1S/C15H11BrCl2N2O2S/c16-13-6-11(18)5-9(15(13)22)7-19-20-14(21)8-23-12-3-1-10(17)2-4-12/h1-7,22H,8H2,(H,20,21)/b19-7-. The topological polar surface area (TPSA) is 61.7 Å². The van der Waals surface area contributed by atoms with Gasteiger partial charge in [0.05, 0.1) is 16.4 Å². The lowest BCUT2D eigenvalue weighted by Crippen LogP contribution is -2.19. The van der Waals surface area contributed by atoms with Crippen LogP contribution in [0.5, 0.6) is 5.75 Å². The molecule has 0 fully saturated rings. The number of carbonyl (C=O) groups is 1. The molecule has 2 N–H and O–H groups in total. The first-order valence-corrected chi connectivity index (χ1v) is 8.87. The molecule has 0 unspecified atom stereocenters. The highest BCUT2D eigenvalue weighted by Gasteiger charge is 2.06. The number of hydrogen-bond acceptors (Lipinski definition) is 4. The van der Waals surface area contributed by atoms with Crippen LogP contribution in [-0.2, 0) is 4.79 Å². The summed E-state index contributed by atoms with van der Waals surface area (Å²) in [5.74, 6) is -0.0470. The van der Waals surface area contributed by atoms with Crippen LogP contribution >= 0.6 is 50.9 Å². The van der Waals surface area contributed by atoms with Crippen molar-refractivity contribution in [3.05, 3.63) is 56.5 Å². The van der Waals surface area contributed by atoms with Crippen molar-refractivity contribution in [3.8, 4) is 5.75 Å². The van der Waals surface area contributed by atoms with E-state index in [2.05, 4.69) is 26.5 Å². The van der Waals surface area contributed by atoms with E-state index in [0.29, 0.717) is 20.1 Å². The summed E-state index contributed by atoms with van der Waals surface area (Å²) in [7, 11) is 0. The largest absolute Gasteiger partial charge is 0.506 e. The van der Waals surface area contributed by atoms with Crippen molar-refractivity contribution >= 4 is 63.0 Å². The molecule has 0 aromatic heterocycles. The van der Waals surface area contributed by atoms with E-state index in [0.717, 1.165) is 4.90 Å². The summed E-state index contributed by atoms with van der Waals surface area (Å²) in [5.41, 5.74) is 2.79. The number of amides is 1. The molecule has 0 aliphatic carbocycles. The van der Waals surface area contributed by atoms with E-state index >= 15 is 0 Å². The number of phenolic OH excluding ortho intramolecular Hbond substituents is 1. The van der Waals surface area contributed by atoms with Crippen LogP contribution in [-0.4, -0.2) is 23.0 Å². The molecule has 4 nitrogen and oxygen atoms in total. The Bertz CT molecular complexity index is 739. The van der Waals surface area contributed by atoms with Crippen molar-refractivity contribution in [1.82, 2.24) is 5.43 Å². The fraction of sp³-hybridized carbons (Fsp3) is 0.0667. The Labute approximate surface area is 156 Å². The zero-order valence-corrected chi connectivity index (χ0v) is 15.5. The average molecular weight is 434 g/mol. The molecule has 120 valence electrons. The van der Waals surface area contributed by atoms with Crippen molar-refractivity contribution in [2.45, 2.75) is 4.90 Å². The number of aromatic hydroxyl groups is 1. The van der Waals surface area contributed by atoms with Crippen LogP contribution < -0.4 is 5.43 Å². The predicted octanol–water partition coefficient (Wildman–Crippen LogP) is 4.70. The highest BCUT2D eigenvalue weighted by molar-refractivity contribution is 9.10. The van der Waals surface area contributed by atoms with Crippen LogP contribution in [0.25, 0.3) is 0 Å². The van der Waals surface area contributed by atoms with Crippen molar-refractivity contribution < 1.29 is 9.90 Å². The minimum absolute atomic E-state index is 0.00272. The summed E-state index contributed by atoms with van der Waals surface area (Å²) in [4.78, 5) is 12.7. The maximum absolute atomic E-state index is 11.7. The van der Waals surface area contributed by atoms with Crippen molar-refractivity contribution in [3.63, 3.8) is 0 Å². The van der Waals surface area contributed by atoms with Crippen LogP contribution in [0.4, 0.5) is 0 Å².